The maximum absolute atomic E-state index is 4.32. The second-order valence-electron chi connectivity index (χ2n) is 4.00. The Kier molecular flexibility index (Phi) is 4.42. The van der Waals surface area contributed by atoms with Gasteiger partial charge in [0, 0.05) is 15.4 Å². The standard InChI is InChI=1S/C12H15BrN4S/c1-7(14-3)10-5-4-9(13)6-11(10)18-12-15-8(2)16-17-12/h4-7,14H,1-3H3,(H,15,16,17). The highest BCUT2D eigenvalue weighted by Crippen LogP contribution is 2.33. The molecule has 1 heterocycles. The van der Waals surface area contributed by atoms with Crippen LogP contribution in [0.1, 0.15) is 24.4 Å². The first-order valence-electron chi connectivity index (χ1n) is 5.63. The number of hydrogen-bond donors (Lipinski definition) is 2. The van der Waals surface area contributed by atoms with Crippen LogP contribution in [0.3, 0.4) is 0 Å². The molecule has 0 saturated carbocycles. The predicted octanol–water partition coefficient (Wildman–Crippen LogP) is 3.31. The van der Waals surface area contributed by atoms with Gasteiger partial charge in [-0.3, -0.25) is 5.10 Å². The van der Waals surface area contributed by atoms with E-state index in [1.165, 1.54) is 5.56 Å². The van der Waals surface area contributed by atoms with Crippen molar-refractivity contribution in [2.24, 2.45) is 0 Å². The minimum absolute atomic E-state index is 0.292. The highest BCUT2D eigenvalue weighted by atomic mass is 79.9. The third kappa shape index (κ3) is 3.13. The third-order valence-corrected chi connectivity index (χ3v) is 4.08. The van der Waals surface area contributed by atoms with Gasteiger partial charge in [0.1, 0.15) is 5.82 Å². The summed E-state index contributed by atoms with van der Waals surface area (Å²) in [5.74, 6) is 0.829. The lowest BCUT2D eigenvalue weighted by atomic mass is 10.1. The molecule has 6 heteroatoms. The van der Waals surface area contributed by atoms with Crippen molar-refractivity contribution in [3.05, 3.63) is 34.1 Å². The van der Waals surface area contributed by atoms with E-state index < -0.39 is 0 Å². The summed E-state index contributed by atoms with van der Waals surface area (Å²) >= 11 is 5.07. The van der Waals surface area contributed by atoms with Crippen LogP contribution < -0.4 is 5.32 Å². The molecule has 2 aromatic rings. The summed E-state index contributed by atoms with van der Waals surface area (Å²) in [7, 11) is 1.96. The molecule has 1 atom stereocenters. The number of hydrogen-bond acceptors (Lipinski definition) is 4. The smallest absolute Gasteiger partial charge is 0.213 e. The Morgan fingerprint density at radius 3 is 2.83 bits per heavy atom. The summed E-state index contributed by atoms with van der Waals surface area (Å²) < 4.78 is 1.06. The van der Waals surface area contributed by atoms with Crippen LogP contribution in [0.4, 0.5) is 0 Å². The average Bonchev–Trinajstić information content (AvgIpc) is 2.74. The van der Waals surface area contributed by atoms with Crippen molar-refractivity contribution in [2.45, 2.75) is 29.9 Å². The van der Waals surface area contributed by atoms with Crippen molar-refractivity contribution in [2.75, 3.05) is 7.05 Å². The lowest BCUT2D eigenvalue weighted by Gasteiger charge is -2.14. The van der Waals surface area contributed by atoms with Gasteiger partial charge in [-0.2, -0.15) is 0 Å². The zero-order chi connectivity index (χ0) is 13.1. The Bertz CT molecular complexity index is 541. The zero-order valence-corrected chi connectivity index (χ0v) is 12.9. The maximum atomic E-state index is 4.32. The molecule has 0 aliphatic heterocycles. The summed E-state index contributed by atoms with van der Waals surface area (Å²) in [6.45, 7) is 4.03. The molecule has 0 aliphatic rings. The number of H-pyrrole nitrogens is 1. The number of halogens is 1. The second-order valence-corrected chi connectivity index (χ2v) is 5.92. The van der Waals surface area contributed by atoms with Gasteiger partial charge in [0.15, 0.2) is 0 Å². The van der Waals surface area contributed by atoms with Gasteiger partial charge < -0.3 is 5.32 Å². The van der Waals surface area contributed by atoms with E-state index in [1.54, 1.807) is 11.8 Å². The van der Waals surface area contributed by atoms with Crippen LogP contribution >= 0.6 is 27.7 Å². The summed E-state index contributed by atoms with van der Waals surface area (Å²) in [6, 6.07) is 6.56. The first-order chi connectivity index (χ1) is 8.60. The van der Waals surface area contributed by atoms with Gasteiger partial charge in [-0.1, -0.05) is 22.0 Å². The van der Waals surface area contributed by atoms with Gasteiger partial charge in [0.2, 0.25) is 5.16 Å². The molecule has 0 amide bonds. The van der Waals surface area contributed by atoms with Crippen LogP contribution in [0.25, 0.3) is 0 Å². The fourth-order valence-electron chi connectivity index (χ4n) is 1.58. The molecule has 96 valence electrons. The lowest BCUT2D eigenvalue weighted by molar-refractivity contribution is 0.641. The first kappa shape index (κ1) is 13.6. The van der Waals surface area contributed by atoms with Gasteiger partial charge in [-0.15, -0.1) is 5.10 Å². The summed E-state index contributed by atoms with van der Waals surface area (Å²) in [6.07, 6.45) is 0. The lowest BCUT2D eigenvalue weighted by Crippen LogP contribution is -2.13. The van der Waals surface area contributed by atoms with Crippen LogP contribution in [0.15, 0.2) is 32.7 Å². The molecule has 4 nitrogen and oxygen atoms in total. The van der Waals surface area contributed by atoms with Crippen LogP contribution in [-0.4, -0.2) is 22.2 Å². The Balaban J connectivity index is 2.33. The highest BCUT2D eigenvalue weighted by molar-refractivity contribution is 9.10. The molecule has 0 spiro atoms. The molecular formula is C12H15BrN4S. The van der Waals surface area contributed by atoms with Crippen LogP contribution in [0.2, 0.25) is 0 Å². The highest BCUT2D eigenvalue weighted by Gasteiger charge is 2.12. The molecule has 0 aliphatic carbocycles. The number of benzene rings is 1. The normalized spacial score (nSPS) is 12.7. The minimum atomic E-state index is 0.292. The summed E-state index contributed by atoms with van der Waals surface area (Å²) in [5.41, 5.74) is 1.24. The van der Waals surface area contributed by atoms with E-state index in [2.05, 4.69) is 61.6 Å². The quantitative estimate of drug-likeness (QED) is 0.905. The number of rotatable bonds is 4. The summed E-state index contributed by atoms with van der Waals surface area (Å²) in [5, 5.41) is 11.0. The molecule has 0 fully saturated rings. The SMILES string of the molecule is CNC(C)c1ccc(Br)cc1Sc1n[nH]c(C)n1. The largest absolute Gasteiger partial charge is 0.313 e. The van der Waals surface area contributed by atoms with E-state index in [4.69, 9.17) is 0 Å². The van der Waals surface area contributed by atoms with E-state index in [0.29, 0.717) is 6.04 Å². The van der Waals surface area contributed by atoms with E-state index in [0.717, 1.165) is 20.3 Å². The number of nitrogens with zero attached hydrogens (tertiary/aromatic N) is 2. The number of aromatic amines is 1. The number of nitrogens with one attached hydrogen (secondary N) is 2. The van der Waals surface area contributed by atoms with Gasteiger partial charge in [-0.25, -0.2) is 4.98 Å². The fourth-order valence-corrected chi connectivity index (χ4v) is 3.11. The van der Waals surface area contributed by atoms with Crippen LogP contribution in [-0.2, 0) is 0 Å². The number of aromatic nitrogens is 3. The van der Waals surface area contributed by atoms with Crippen molar-refractivity contribution >= 4 is 27.7 Å². The first-order valence-corrected chi connectivity index (χ1v) is 7.24. The molecule has 18 heavy (non-hydrogen) atoms. The fraction of sp³-hybridized carbons (Fsp3) is 0.333. The predicted molar refractivity (Wildman–Crippen MR) is 76.9 cm³/mol. The van der Waals surface area contributed by atoms with Gasteiger partial charge in [0.25, 0.3) is 0 Å². The molecular weight excluding hydrogens is 312 g/mol. The monoisotopic (exact) mass is 326 g/mol. The molecule has 2 N–H and O–H groups in total. The molecule has 0 saturated heterocycles. The van der Waals surface area contributed by atoms with E-state index in [9.17, 15) is 0 Å². The molecule has 0 radical (unpaired) electrons. The molecule has 0 bridgehead atoms. The maximum Gasteiger partial charge on any atom is 0.213 e. The van der Waals surface area contributed by atoms with Gasteiger partial charge >= 0.3 is 0 Å². The van der Waals surface area contributed by atoms with E-state index in [1.807, 2.05) is 14.0 Å². The Hall–Kier alpha value is -0.850. The van der Waals surface area contributed by atoms with E-state index in [-0.39, 0.29) is 0 Å². The van der Waals surface area contributed by atoms with Crippen LogP contribution in [0.5, 0.6) is 0 Å². The molecule has 1 aromatic carbocycles. The second kappa shape index (κ2) is 5.86. The zero-order valence-electron chi connectivity index (χ0n) is 10.5. The third-order valence-electron chi connectivity index (χ3n) is 2.65. The summed E-state index contributed by atoms with van der Waals surface area (Å²) in [4.78, 5) is 5.48. The molecule has 1 aromatic heterocycles. The Labute approximate surface area is 119 Å². The number of aryl methyl sites for hydroxylation is 1. The molecule has 1 unspecified atom stereocenters. The van der Waals surface area contributed by atoms with E-state index >= 15 is 0 Å². The van der Waals surface area contributed by atoms with Crippen molar-refractivity contribution in [3.63, 3.8) is 0 Å². The minimum Gasteiger partial charge on any atom is -0.313 e. The van der Waals surface area contributed by atoms with Gasteiger partial charge in [0.05, 0.1) is 0 Å². The Morgan fingerprint density at radius 2 is 2.22 bits per heavy atom. The van der Waals surface area contributed by atoms with Crippen molar-refractivity contribution < 1.29 is 0 Å². The van der Waals surface area contributed by atoms with Crippen molar-refractivity contribution in [1.29, 1.82) is 0 Å². The molecule has 2 rings (SSSR count). The van der Waals surface area contributed by atoms with Crippen LogP contribution in [0, 0.1) is 6.92 Å². The average molecular weight is 327 g/mol. The van der Waals surface area contributed by atoms with Crippen molar-refractivity contribution in [1.82, 2.24) is 20.5 Å². The van der Waals surface area contributed by atoms with Gasteiger partial charge in [-0.05, 0) is 50.4 Å². The van der Waals surface area contributed by atoms with Crippen molar-refractivity contribution in [3.8, 4) is 0 Å². The topological polar surface area (TPSA) is 53.6 Å². The Morgan fingerprint density at radius 1 is 1.44 bits per heavy atom.